The minimum absolute atomic E-state index is 0.0171. The van der Waals surface area contributed by atoms with Crippen LogP contribution in [0.15, 0.2) is 24.9 Å². The Balaban J connectivity index is 1.33. The molecule has 3 N–H and O–H groups in total. The highest BCUT2D eigenvalue weighted by molar-refractivity contribution is 5.82. The van der Waals surface area contributed by atoms with E-state index in [0.717, 1.165) is 56.2 Å². The number of aromatic amines is 1. The van der Waals surface area contributed by atoms with E-state index in [1.165, 1.54) is 12.8 Å². The number of nitrogens with zero attached hydrogens (tertiary/aromatic N) is 5. The van der Waals surface area contributed by atoms with Crippen LogP contribution in [0.2, 0.25) is 0 Å². The summed E-state index contributed by atoms with van der Waals surface area (Å²) in [6.07, 6.45) is 9.79. The summed E-state index contributed by atoms with van der Waals surface area (Å²) in [5, 5.41) is 0. The van der Waals surface area contributed by atoms with E-state index in [-0.39, 0.29) is 5.91 Å². The molecule has 4 heterocycles. The predicted molar refractivity (Wildman–Crippen MR) is 102 cm³/mol. The molecule has 144 valence electrons. The number of nitrogens with one attached hydrogen (secondary N) is 1. The largest absolute Gasteiger partial charge is 0.357 e. The van der Waals surface area contributed by atoms with E-state index < -0.39 is 6.04 Å². The highest BCUT2D eigenvalue weighted by Gasteiger charge is 2.28. The summed E-state index contributed by atoms with van der Waals surface area (Å²) in [6.45, 7) is 3.61. The van der Waals surface area contributed by atoms with Crippen LogP contribution in [-0.2, 0) is 11.2 Å². The zero-order valence-corrected chi connectivity index (χ0v) is 15.5. The standard InChI is InChI=1S/C19H27N7O/c20-16(9-15-11-21-12-22-15)19(27)26-7-3-14(4-8-26)17-10-18(24-13-23-17)25-5-1-2-6-25/h10-14,16H,1-9,20H2,(H,21,22)/t16-/m0/s1. The van der Waals surface area contributed by atoms with Gasteiger partial charge in [-0.25, -0.2) is 15.0 Å². The number of anilines is 1. The fourth-order valence-electron chi connectivity index (χ4n) is 4.05. The zero-order valence-electron chi connectivity index (χ0n) is 15.5. The van der Waals surface area contributed by atoms with Crippen molar-refractivity contribution in [3.63, 3.8) is 0 Å². The first-order valence-corrected chi connectivity index (χ1v) is 9.79. The summed E-state index contributed by atoms with van der Waals surface area (Å²) in [4.78, 5) is 32.8. The maximum Gasteiger partial charge on any atom is 0.239 e. The van der Waals surface area contributed by atoms with Gasteiger partial charge in [0.25, 0.3) is 0 Å². The van der Waals surface area contributed by atoms with Crippen molar-refractivity contribution in [3.05, 3.63) is 36.3 Å². The minimum Gasteiger partial charge on any atom is -0.357 e. The number of hydrogen-bond acceptors (Lipinski definition) is 6. The fraction of sp³-hybridized carbons (Fsp3) is 0.579. The van der Waals surface area contributed by atoms with Gasteiger partial charge in [-0.05, 0) is 25.7 Å². The normalized spacial score (nSPS) is 19.4. The molecule has 2 fully saturated rings. The second-order valence-corrected chi connectivity index (χ2v) is 7.48. The average Bonchev–Trinajstić information content (AvgIpc) is 3.42. The summed E-state index contributed by atoms with van der Waals surface area (Å²) in [7, 11) is 0. The number of amides is 1. The molecule has 4 rings (SSSR count). The Hall–Kier alpha value is -2.48. The van der Waals surface area contributed by atoms with Crippen LogP contribution in [0.5, 0.6) is 0 Å². The average molecular weight is 369 g/mol. The van der Waals surface area contributed by atoms with Gasteiger partial charge in [-0.3, -0.25) is 4.79 Å². The summed E-state index contributed by atoms with van der Waals surface area (Å²) >= 11 is 0. The van der Waals surface area contributed by atoms with Gasteiger partial charge in [-0.2, -0.15) is 0 Å². The highest BCUT2D eigenvalue weighted by Crippen LogP contribution is 2.29. The van der Waals surface area contributed by atoms with Crippen molar-refractivity contribution in [1.82, 2.24) is 24.8 Å². The summed E-state index contributed by atoms with van der Waals surface area (Å²) in [6, 6.07) is 1.61. The van der Waals surface area contributed by atoms with Crippen LogP contribution < -0.4 is 10.6 Å². The molecule has 8 nitrogen and oxygen atoms in total. The van der Waals surface area contributed by atoms with Crippen molar-refractivity contribution in [1.29, 1.82) is 0 Å². The van der Waals surface area contributed by atoms with Gasteiger partial charge in [0, 0.05) is 62.2 Å². The lowest BCUT2D eigenvalue weighted by molar-refractivity contribution is -0.133. The van der Waals surface area contributed by atoms with Crippen LogP contribution in [0.3, 0.4) is 0 Å². The van der Waals surface area contributed by atoms with E-state index in [1.807, 2.05) is 4.90 Å². The van der Waals surface area contributed by atoms with E-state index >= 15 is 0 Å². The predicted octanol–water partition coefficient (Wildman–Crippen LogP) is 1.08. The third kappa shape index (κ3) is 4.10. The molecule has 0 spiro atoms. The number of likely N-dealkylation sites (tertiary alicyclic amines) is 1. The highest BCUT2D eigenvalue weighted by atomic mass is 16.2. The van der Waals surface area contributed by atoms with Crippen molar-refractivity contribution < 1.29 is 4.79 Å². The molecular formula is C19H27N7O. The molecule has 2 aromatic rings. The molecule has 27 heavy (non-hydrogen) atoms. The number of H-pyrrole nitrogens is 1. The first-order chi connectivity index (χ1) is 13.2. The molecule has 0 unspecified atom stereocenters. The molecule has 8 heteroatoms. The maximum atomic E-state index is 12.6. The van der Waals surface area contributed by atoms with Crippen molar-refractivity contribution in [2.45, 2.75) is 44.1 Å². The monoisotopic (exact) mass is 369 g/mol. The molecule has 0 bridgehead atoms. The van der Waals surface area contributed by atoms with Gasteiger partial charge in [0.05, 0.1) is 12.4 Å². The Morgan fingerprint density at radius 1 is 1.22 bits per heavy atom. The second kappa shape index (κ2) is 8.04. The molecule has 2 aliphatic rings. The van der Waals surface area contributed by atoms with Gasteiger partial charge >= 0.3 is 0 Å². The fourth-order valence-corrected chi connectivity index (χ4v) is 4.05. The molecule has 1 amide bonds. The third-order valence-electron chi connectivity index (χ3n) is 5.64. The number of imidazole rings is 1. The topological polar surface area (TPSA) is 104 Å². The van der Waals surface area contributed by atoms with Crippen molar-refractivity contribution in [3.8, 4) is 0 Å². The second-order valence-electron chi connectivity index (χ2n) is 7.48. The third-order valence-corrected chi connectivity index (χ3v) is 5.64. The van der Waals surface area contributed by atoms with Gasteiger partial charge in [-0.15, -0.1) is 0 Å². The Bertz CT molecular complexity index is 749. The molecule has 0 aromatic carbocycles. The molecule has 2 aromatic heterocycles. The smallest absolute Gasteiger partial charge is 0.239 e. The number of nitrogens with two attached hydrogens (primary N) is 1. The van der Waals surface area contributed by atoms with Crippen LogP contribution in [0.4, 0.5) is 5.82 Å². The zero-order chi connectivity index (χ0) is 18.6. The van der Waals surface area contributed by atoms with Crippen LogP contribution in [0.1, 0.15) is 43.0 Å². The minimum atomic E-state index is -0.525. The molecular weight excluding hydrogens is 342 g/mol. The molecule has 1 atom stereocenters. The number of carbonyl (C=O) groups is 1. The van der Waals surface area contributed by atoms with E-state index in [4.69, 9.17) is 5.73 Å². The molecule has 0 saturated carbocycles. The number of carbonyl (C=O) groups excluding carboxylic acids is 1. The maximum absolute atomic E-state index is 12.6. The lowest BCUT2D eigenvalue weighted by atomic mass is 9.92. The van der Waals surface area contributed by atoms with E-state index in [0.29, 0.717) is 12.3 Å². The van der Waals surface area contributed by atoms with Crippen molar-refractivity contribution >= 4 is 11.7 Å². The molecule has 0 radical (unpaired) electrons. The lowest BCUT2D eigenvalue weighted by Gasteiger charge is -2.33. The van der Waals surface area contributed by atoms with Crippen LogP contribution in [0.25, 0.3) is 0 Å². The van der Waals surface area contributed by atoms with E-state index in [9.17, 15) is 4.79 Å². The molecule has 2 saturated heterocycles. The van der Waals surface area contributed by atoms with Gasteiger partial charge < -0.3 is 20.5 Å². The van der Waals surface area contributed by atoms with Gasteiger partial charge in [0.2, 0.25) is 5.91 Å². The SMILES string of the molecule is N[C@@H](Cc1cnc[nH]1)C(=O)N1CCC(c2cc(N3CCCC3)ncn2)CC1. The quantitative estimate of drug-likeness (QED) is 0.817. The summed E-state index contributed by atoms with van der Waals surface area (Å²) < 4.78 is 0. The first kappa shape index (κ1) is 17.9. The Morgan fingerprint density at radius 3 is 2.70 bits per heavy atom. The molecule has 2 aliphatic heterocycles. The molecule has 0 aliphatic carbocycles. The Labute approximate surface area is 159 Å². The van der Waals surface area contributed by atoms with Gasteiger partial charge in [0.1, 0.15) is 12.1 Å². The number of aromatic nitrogens is 4. The van der Waals surface area contributed by atoms with E-state index in [1.54, 1.807) is 18.9 Å². The number of hydrogen-bond donors (Lipinski definition) is 2. The van der Waals surface area contributed by atoms with Crippen LogP contribution in [0, 0.1) is 0 Å². The van der Waals surface area contributed by atoms with Crippen molar-refractivity contribution in [2.75, 3.05) is 31.1 Å². The van der Waals surface area contributed by atoms with Gasteiger partial charge in [0.15, 0.2) is 0 Å². The van der Waals surface area contributed by atoms with E-state index in [2.05, 4.69) is 30.9 Å². The number of rotatable bonds is 5. The number of piperidine rings is 1. The van der Waals surface area contributed by atoms with Gasteiger partial charge in [-0.1, -0.05) is 0 Å². The van der Waals surface area contributed by atoms with Crippen LogP contribution in [-0.4, -0.2) is 63.0 Å². The lowest BCUT2D eigenvalue weighted by Crippen LogP contribution is -2.47. The first-order valence-electron chi connectivity index (χ1n) is 9.79. The summed E-state index contributed by atoms with van der Waals surface area (Å²) in [5.74, 6) is 1.43. The Kier molecular flexibility index (Phi) is 5.33. The van der Waals surface area contributed by atoms with Crippen LogP contribution >= 0.6 is 0 Å². The summed E-state index contributed by atoms with van der Waals surface area (Å²) in [5.41, 5.74) is 8.10. The van der Waals surface area contributed by atoms with Crippen molar-refractivity contribution in [2.24, 2.45) is 5.73 Å². The Morgan fingerprint density at radius 2 is 2.00 bits per heavy atom.